The first-order chi connectivity index (χ1) is 8.56. The van der Waals surface area contributed by atoms with Gasteiger partial charge in [-0.15, -0.1) is 0 Å². The quantitative estimate of drug-likeness (QED) is 0.926. The number of anilines is 1. The maximum Gasteiger partial charge on any atom is 0.227 e. The predicted molar refractivity (Wildman–Crippen MR) is 70.2 cm³/mol. The summed E-state index contributed by atoms with van der Waals surface area (Å²) in [5, 5.41) is 0. The molecule has 1 aliphatic heterocycles. The normalized spacial score (nSPS) is 19.4. The van der Waals surface area contributed by atoms with E-state index in [1.54, 1.807) is 11.0 Å². The summed E-state index contributed by atoms with van der Waals surface area (Å²) in [5.74, 6) is 0.0626. The molecule has 1 amide bonds. The van der Waals surface area contributed by atoms with Gasteiger partial charge in [-0.05, 0) is 34.5 Å². The summed E-state index contributed by atoms with van der Waals surface area (Å²) in [6, 6.07) is 2.83. The molecule has 1 heterocycles. The summed E-state index contributed by atoms with van der Waals surface area (Å²) in [5.41, 5.74) is 6.16. The van der Waals surface area contributed by atoms with Crippen LogP contribution in [0.25, 0.3) is 0 Å². The molecule has 2 N–H and O–H groups in total. The van der Waals surface area contributed by atoms with Crippen LogP contribution in [-0.4, -0.2) is 26.1 Å². The number of benzene rings is 1. The van der Waals surface area contributed by atoms with E-state index in [2.05, 4.69) is 15.9 Å². The fourth-order valence-electron chi connectivity index (χ4n) is 2.06. The molecule has 0 bridgehead atoms. The third-order valence-electron chi connectivity index (χ3n) is 3.05. The molecule has 1 aromatic carbocycles. The fourth-order valence-corrected chi connectivity index (χ4v) is 2.40. The Hall–Kier alpha value is -1.14. The van der Waals surface area contributed by atoms with E-state index in [9.17, 15) is 9.18 Å². The average Bonchev–Trinajstić information content (AvgIpc) is 2.73. The molecule has 1 aliphatic rings. The number of methoxy groups -OCH3 is 1. The van der Waals surface area contributed by atoms with E-state index in [0.29, 0.717) is 35.4 Å². The zero-order chi connectivity index (χ0) is 13.3. The number of rotatable bonds is 3. The smallest absolute Gasteiger partial charge is 0.227 e. The highest BCUT2D eigenvalue weighted by Crippen LogP contribution is 2.36. The monoisotopic (exact) mass is 316 g/mol. The number of hydrogen-bond acceptors (Lipinski definition) is 3. The Bertz CT molecular complexity index is 481. The van der Waals surface area contributed by atoms with Crippen LogP contribution in [0.1, 0.15) is 6.42 Å². The van der Waals surface area contributed by atoms with Crippen LogP contribution in [0, 0.1) is 11.7 Å². The number of halogens is 2. The first kappa shape index (κ1) is 13.3. The summed E-state index contributed by atoms with van der Waals surface area (Å²) in [7, 11) is 1.45. The molecule has 2 rings (SSSR count). The minimum atomic E-state index is -0.419. The SMILES string of the molecule is COc1cc(F)c(Br)cc1N1CC(CN)CC1=O. The lowest BCUT2D eigenvalue weighted by Crippen LogP contribution is -2.26. The van der Waals surface area contributed by atoms with Gasteiger partial charge in [-0.3, -0.25) is 4.79 Å². The first-order valence-electron chi connectivity index (χ1n) is 5.60. The van der Waals surface area contributed by atoms with Crippen LogP contribution in [0.4, 0.5) is 10.1 Å². The van der Waals surface area contributed by atoms with Gasteiger partial charge in [-0.2, -0.15) is 0 Å². The van der Waals surface area contributed by atoms with Crippen molar-refractivity contribution in [3.8, 4) is 5.75 Å². The topological polar surface area (TPSA) is 55.6 Å². The zero-order valence-corrected chi connectivity index (χ0v) is 11.5. The maximum atomic E-state index is 13.4. The molecule has 1 atom stereocenters. The van der Waals surface area contributed by atoms with Crippen molar-refractivity contribution in [2.75, 3.05) is 25.1 Å². The van der Waals surface area contributed by atoms with Crippen LogP contribution in [-0.2, 0) is 4.79 Å². The molecular formula is C12H14BrFN2O2. The highest BCUT2D eigenvalue weighted by Gasteiger charge is 2.31. The number of ether oxygens (including phenoxy) is 1. The van der Waals surface area contributed by atoms with Crippen LogP contribution in [0.5, 0.6) is 5.75 Å². The lowest BCUT2D eigenvalue weighted by atomic mass is 10.1. The molecule has 18 heavy (non-hydrogen) atoms. The zero-order valence-electron chi connectivity index (χ0n) is 9.95. The standard InChI is InChI=1S/C12H14BrFN2O2/c1-18-11-4-9(14)8(13)3-10(11)16-6-7(5-15)2-12(16)17/h3-4,7H,2,5-6,15H2,1H3. The number of hydrogen-bond donors (Lipinski definition) is 1. The molecule has 1 unspecified atom stereocenters. The molecular weight excluding hydrogens is 303 g/mol. The fraction of sp³-hybridized carbons (Fsp3) is 0.417. The van der Waals surface area contributed by atoms with Gasteiger partial charge >= 0.3 is 0 Å². The highest BCUT2D eigenvalue weighted by atomic mass is 79.9. The largest absolute Gasteiger partial charge is 0.494 e. The van der Waals surface area contributed by atoms with E-state index >= 15 is 0 Å². The van der Waals surface area contributed by atoms with Crippen LogP contribution < -0.4 is 15.4 Å². The molecule has 0 spiro atoms. The van der Waals surface area contributed by atoms with Crippen molar-refractivity contribution in [1.82, 2.24) is 0 Å². The van der Waals surface area contributed by atoms with Crippen molar-refractivity contribution in [1.29, 1.82) is 0 Å². The molecule has 4 nitrogen and oxygen atoms in total. The van der Waals surface area contributed by atoms with E-state index in [1.807, 2.05) is 0 Å². The molecule has 6 heteroatoms. The molecule has 0 saturated carbocycles. The van der Waals surface area contributed by atoms with Gasteiger partial charge in [0.15, 0.2) is 0 Å². The second-order valence-corrected chi connectivity index (χ2v) is 5.10. The van der Waals surface area contributed by atoms with Crippen LogP contribution >= 0.6 is 15.9 Å². The van der Waals surface area contributed by atoms with Crippen molar-refractivity contribution >= 4 is 27.5 Å². The molecule has 98 valence electrons. The Labute approximate surface area is 113 Å². The van der Waals surface area contributed by atoms with Crippen LogP contribution in [0.2, 0.25) is 0 Å². The van der Waals surface area contributed by atoms with E-state index in [1.165, 1.54) is 13.2 Å². The summed E-state index contributed by atoms with van der Waals surface area (Å²) in [6.45, 7) is 1.01. The summed E-state index contributed by atoms with van der Waals surface area (Å²) in [6.07, 6.45) is 0.425. The van der Waals surface area contributed by atoms with Crippen LogP contribution in [0.3, 0.4) is 0 Å². The predicted octanol–water partition coefficient (Wildman–Crippen LogP) is 1.91. The van der Waals surface area contributed by atoms with Crippen molar-refractivity contribution in [2.45, 2.75) is 6.42 Å². The van der Waals surface area contributed by atoms with Crippen molar-refractivity contribution in [3.63, 3.8) is 0 Å². The maximum absolute atomic E-state index is 13.4. The van der Waals surface area contributed by atoms with Crippen LogP contribution in [0.15, 0.2) is 16.6 Å². The summed E-state index contributed by atoms with van der Waals surface area (Å²) >= 11 is 3.12. The van der Waals surface area contributed by atoms with Gasteiger partial charge in [0, 0.05) is 19.0 Å². The lowest BCUT2D eigenvalue weighted by molar-refractivity contribution is -0.117. The number of carbonyl (C=O) groups excluding carboxylic acids is 1. The minimum absolute atomic E-state index is 0.0118. The Morgan fingerprint density at radius 3 is 2.89 bits per heavy atom. The van der Waals surface area contributed by atoms with E-state index in [-0.39, 0.29) is 11.8 Å². The van der Waals surface area contributed by atoms with Crippen molar-refractivity contribution in [3.05, 3.63) is 22.4 Å². The summed E-state index contributed by atoms with van der Waals surface area (Å²) in [4.78, 5) is 13.5. The number of amides is 1. The van der Waals surface area contributed by atoms with Gasteiger partial charge in [0.2, 0.25) is 5.91 Å². The Morgan fingerprint density at radius 2 is 2.33 bits per heavy atom. The minimum Gasteiger partial charge on any atom is -0.494 e. The highest BCUT2D eigenvalue weighted by molar-refractivity contribution is 9.10. The second kappa shape index (κ2) is 5.24. The van der Waals surface area contributed by atoms with Gasteiger partial charge < -0.3 is 15.4 Å². The van der Waals surface area contributed by atoms with Gasteiger partial charge in [0.1, 0.15) is 11.6 Å². The number of nitrogens with two attached hydrogens (primary N) is 1. The van der Waals surface area contributed by atoms with E-state index in [0.717, 1.165) is 0 Å². The molecule has 1 saturated heterocycles. The van der Waals surface area contributed by atoms with E-state index < -0.39 is 5.82 Å². The van der Waals surface area contributed by atoms with Gasteiger partial charge in [0.05, 0.1) is 17.3 Å². The first-order valence-corrected chi connectivity index (χ1v) is 6.39. The molecule has 1 fully saturated rings. The van der Waals surface area contributed by atoms with Gasteiger partial charge in [-0.25, -0.2) is 4.39 Å². The third-order valence-corrected chi connectivity index (χ3v) is 3.66. The Kier molecular flexibility index (Phi) is 3.87. The number of nitrogens with zero attached hydrogens (tertiary/aromatic N) is 1. The number of carbonyl (C=O) groups is 1. The van der Waals surface area contributed by atoms with Crippen molar-refractivity contribution < 1.29 is 13.9 Å². The third kappa shape index (κ3) is 2.35. The van der Waals surface area contributed by atoms with Gasteiger partial charge in [0.25, 0.3) is 0 Å². The average molecular weight is 317 g/mol. The van der Waals surface area contributed by atoms with Crippen molar-refractivity contribution in [2.24, 2.45) is 11.7 Å². The molecule has 0 aromatic heterocycles. The lowest BCUT2D eigenvalue weighted by Gasteiger charge is -2.20. The van der Waals surface area contributed by atoms with E-state index in [4.69, 9.17) is 10.5 Å². The molecule has 0 radical (unpaired) electrons. The molecule has 0 aliphatic carbocycles. The second-order valence-electron chi connectivity index (χ2n) is 4.25. The van der Waals surface area contributed by atoms with Gasteiger partial charge in [-0.1, -0.05) is 0 Å². The summed E-state index contributed by atoms with van der Waals surface area (Å²) < 4.78 is 18.9. The molecule has 1 aromatic rings. The Balaban J connectivity index is 2.38. The Morgan fingerprint density at radius 1 is 1.61 bits per heavy atom.